The number of nitrogens with zero attached hydrogens (tertiary/aromatic N) is 1. The maximum Gasteiger partial charge on any atom is 0.222 e. The van der Waals surface area contributed by atoms with Crippen LogP contribution >= 0.6 is 0 Å². The lowest BCUT2D eigenvalue weighted by atomic mass is 10.1. The standard InChI is InChI=1S/C11H20NO3/c1-11(2,15-9-8-13)5-7-12-6-3-4-10(12)14/h7,13H,3-6,8-9H2,1-2H3. The number of ether oxygens (including phenoxy) is 1. The number of rotatable bonds is 6. The third-order valence-electron chi connectivity index (χ3n) is 2.50. The molecule has 0 aromatic rings. The lowest BCUT2D eigenvalue weighted by molar-refractivity contribution is -0.126. The van der Waals surface area contributed by atoms with Gasteiger partial charge in [0.1, 0.15) is 0 Å². The highest BCUT2D eigenvalue weighted by molar-refractivity contribution is 5.78. The number of hydrogen-bond acceptors (Lipinski definition) is 3. The first-order valence-corrected chi connectivity index (χ1v) is 5.43. The van der Waals surface area contributed by atoms with E-state index in [9.17, 15) is 4.79 Å². The Bertz CT molecular complexity index is 216. The van der Waals surface area contributed by atoms with Gasteiger partial charge in [-0.3, -0.25) is 4.79 Å². The fourth-order valence-corrected chi connectivity index (χ4v) is 1.57. The largest absolute Gasteiger partial charge is 0.394 e. The van der Waals surface area contributed by atoms with Gasteiger partial charge in [-0.15, -0.1) is 0 Å². The molecule has 15 heavy (non-hydrogen) atoms. The maximum absolute atomic E-state index is 11.3. The maximum atomic E-state index is 11.3. The van der Waals surface area contributed by atoms with E-state index in [2.05, 4.69) is 0 Å². The Morgan fingerprint density at radius 3 is 2.87 bits per heavy atom. The van der Waals surface area contributed by atoms with E-state index in [0.29, 0.717) is 19.4 Å². The van der Waals surface area contributed by atoms with Crippen molar-refractivity contribution in [3.8, 4) is 0 Å². The average molecular weight is 214 g/mol. The molecule has 1 saturated heterocycles. The topological polar surface area (TPSA) is 49.8 Å². The molecule has 4 nitrogen and oxygen atoms in total. The summed E-state index contributed by atoms with van der Waals surface area (Å²) in [7, 11) is 0. The van der Waals surface area contributed by atoms with Crippen molar-refractivity contribution in [2.45, 2.75) is 38.7 Å². The zero-order valence-electron chi connectivity index (χ0n) is 9.53. The molecular weight excluding hydrogens is 194 g/mol. The van der Waals surface area contributed by atoms with E-state index in [-0.39, 0.29) is 18.1 Å². The van der Waals surface area contributed by atoms with Crippen molar-refractivity contribution in [1.29, 1.82) is 0 Å². The van der Waals surface area contributed by atoms with Crippen LogP contribution < -0.4 is 0 Å². The second-order valence-electron chi connectivity index (χ2n) is 4.41. The van der Waals surface area contributed by atoms with Crippen LogP contribution in [0.25, 0.3) is 0 Å². The Labute approximate surface area is 91.2 Å². The molecule has 0 bridgehead atoms. The van der Waals surface area contributed by atoms with E-state index in [1.54, 1.807) is 4.90 Å². The van der Waals surface area contributed by atoms with E-state index < -0.39 is 0 Å². The van der Waals surface area contributed by atoms with Crippen LogP contribution in [0.3, 0.4) is 0 Å². The average Bonchev–Trinajstić information content (AvgIpc) is 2.58. The molecule has 1 fully saturated rings. The van der Waals surface area contributed by atoms with Gasteiger partial charge in [0.25, 0.3) is 0 Å². The van der Waals surface area contributed by atoms with E-state index >= 15 is 0 Å². The van der Waals surface area contributed by atoms with Gasteiger partial charge in [0.2, 0.25) is 5.91 Å². The van der Waals surface area contributed by atoms with Crippen LogP contribution in [0.5, 0.6) is 0 Å². The predicted molar refractivity (Wildman–Crippen MR) is 57.0 cm³/mol. The van der Waals surface area contributed by atoms with Crippen molar-refractivity contribution in [2.24, 2.45) is 0 Å². The Hall–Kier alpha value is -0.610. The molecule has 1 N–H and O–H groups in total. The summed E-state index contributed by atoms with van der Waals surface area (Å²) in [5.74, 6) is 0.202. The SMILES string of the molecule is CC(C)(C[CH]N1CCCC1=O)OCCO. The number of amides is 1. The summed E-state index contributed by atoms with van der Waals surface area (Å²) < 4.78 is 5.45. The van der Waals surface area contributed by atoms with E-state index in [1.807, 2.05) is 20.4 Å². The second kappa shape index (κ2) is 5.47. The van der Waals surface area contributed by atoms with E-state index in [1.165, 1.54) is 0 Å². The van der Waals surface area contributed by atoms with Gasteiger partial charge in [0.15, 0.2) is 0 Å². The number of aliphatic hydroxyl groups excluding tert-OH is 1. The number of hydrogen-bond donors (Lipinski definition) is 1. The summed E-state index contributed by atoms with van der Waals surface area (Å²) in [6.45, 7) is 7.03. The summed E-state index contributed by atoms with van der Waals surface area (Å²) in [6, 6.07) is 0. The normalized spacial score (nSPS) is 17.5. The molecule has 0 spiro atoms. The molecule has 1 amide bonds. The zero-order chi connectivity index (χ0) is 11.3. The number of carbonyl (C=O) groups is 1. The predicted octanol–water partition coefficient (Wildman–Crippen LogP) is 0.948. The van der Waals surface area contributed by atoms with Gasteiger partial charge in [0.05, 0.1) is 25.4 Å². The fraction of sp³-hybridized carbons (Fsp3) is 0.818. The smallest absolute Gasteiger partial charge is 0.222 e. The molecule has 1 heterocycles. The molecule has 1 aliphatic heterocycles. The molecule has 0 aromatic carbocycles. The summed E-state index contributed by atoms with van der Waals surface area (Å²) in [5, 5.41) is 8.65. The lowest BCUT2D eigenvalue weighted by Gasteiger charge is -2.27. The molecule has 0 saturated carbocycles. The van der Waals surface area contributed by atoms with Gasteiger partial charge >= 0.3 is 0 Å². The molecule has 1 aliphatic rings. The molecule has 1 rings (SSSR count). The lowest BCUT2D eigenvalue weighted by Crippen LogP contribution is -2.31. The Morgan fingerprint density at radius 1 is 1.60 bits per heavy atom. The third kappa shape index (κ3) is 4.18. The highest BCUT2D eigenvalue weighted by atomic mass is 16.5. The van der Waals surface area contributed by atoms with Crippen molar-refractivity contribution in [3.05, 3.63) is 6.54 Å². The van der Waals surface area contributed by atoms with Gasteiger partial charge in [-0.05, 0) is 26.7 Å². The summed E-state index contributed by atoms with van der Waals surface area (Å²) in [5.41, 5.74) is -0.314. The molecule has 4 heteroatoms. The first kappa shape index (κ1) is 12.5. The first-order chi connectivity index (χ1) is 7.05. The van der Waals surface area contributed by atoms with Gasteiger partial charge in [0, 0.05) is 13.0 Å². The minimum atomic E-state index is -0.314. The van der Waals surface area contributed by atoms with Crippen LogP contribution in [-0.4, -0.2) is 41.3 Å². The quantitative estimate of drug-likeness (QED) is 0.716. The van der Waals surface area contributed by atoms with Crippen LogP contribution in [0.2, 0.25) is 0 Å². The van der Waals surface area contributed by atoms with Crippen LogP contribution in [-0.2, 0) is 9.53 Å². The molecular formula is C11H20NO3. The summed E-state index contributed by atoms with van der Waals surface area (Å²) in [4.78, 5) is 13.1. The van der Waals surface area contributed by atoms with Crippen molar-refractivity contribution in [1.82, 2.24) is 4.90 Å². The van der Waals surface area contributed by atoms with Crippen molar-refractivity contribution in [2.75, 3.05) is 19.8 Å². The second-order valence-corrected chi connectivity index (χ2v) is 4.41. The monoisotopic (exact) mass is 214 g/mol. The molecule has 87 valence electrons. The van der Waals surface area contributed by atoms with Crippen molar-refractivity contribution in [3.63, 3.8) is 0 Å². The Morgan fingerprint density at radius 2 is 2.33 bits per heavy atom. The van der Waals surface area contributed by atoms with Gasteiger partial charge < -0.3 is 14.7 Å². The molecule has 0 atom stereocenters. The van der Waals surface area contributed by atoms with Crippen molar-refractivity contribution >= 4 is 5.91 Å². The highest BCUT2D eigenvalue weighted by Gasteiger charge is 2.24. The minimum Gasteiger partial charge on any atom is -0.394 e. The van der Waals surface area contributed by atoms with Crippen LogP contribution in [0, 0.1) is 6.54 Å². The Balaban J connectivity index is 2.25. The van der Waals surface area contributed by atoms with E-state index in [0.717, 1.165) is 13.0 Å². The first-order valence-electron chi connectivity index (χ1n) is 5.43. The summed E-state index contributed by atoms with van der Waals surface area (Å²) >= 11 is 0. The van der Waals surface area contributed by atoms with Crippen molar-refractivity contribution < 1.29 is 14.6 Å². The third-order valence-corrected chi connectivity index (χ3v) is 2.50. The fourth-order valence-electron chi connectivity index (χ4n) is 1.57. The van der Waals surface area contributed by atoms with Crippen LogP contribution in [0.1, 0.15) is 33.1 Å². The number of carbonyl (C=O) groups excluding carboxylic acids is 1. The highest BCUT2D eigenvalue weighted by Crippen LogP contribution is 2.20. The number of likely N-dealkylation sites (tertiary alicyclic amines) is 1. The van der Waals surface area contributed by atoms with Gasteiger partial charge in [-0.2, -0.15) is 0 Å². The van der Waals surface area contributed by atoms with Crippen LogP contribution in [0.15, 0.2) is 0 Å². The van der Waals surface area contributed by atoms with Gasteiger partial charge in [-0.25, -0.2) is 0 Å². The molecule has 0 aromatic heterocycles. The zero-order valence-corrected chi connectivity index (χ0v) is 9.53. The minimum absolute atomic E-state index is 0.0338. The number of aliphatic hydroxyl groups is 1. The van der Waals surface area contributed by atoms with E-state index in [4.69, 9.17) is 9.84 Å². The molecule has 0 aliphatic carbocycles. The van der Waals surface area contributed by atoms with Crippen LogP contribution in [0.4, 0.5) is 0 Å². The Kier molecular flexibility index (Phi) is 4.54. The van der Waals surface area contributed by atoms with Gasteiger partial charge in [-0.1, -0.05) is 0 Å². The molecule has 1 radical (unpaired) electrons. The summed E-state index contributed by atoms with van der Waals surface area (Å²) in [6.07, 6.45) is 2.31. The molecule has 0 unspecified atom stereocenters.